The minimum atomic E-state index is 0. The van der Waals surface area contributed by atoms with E-state index in [-0.39, 0.29) is 29.9 Å². The summed E-state index contributed by atoms with van der Waals surface area (Å²) in [4.78, 5) is 21.5. The first-order valence-electron chi connectivity index (χ1n) is 11.6. The minimum absolute atomic E-state index is 0. The molecule has 7 heteroatoms. The van der Waals surface area contributed by atoms with Crippen LogP contribution < -0.4 is 10.6 Å². The quantitative estimate of drug-likeness (QED) is 0.333. The summed E-state index contributed by atoms with van der Waals surface area (Å²) >= 11 is 0. The van der Waals surface area contributed by atoms with Gasteiger partial charge in [-0.25, -0.2) is 0 Å². The summed E-state index contributed by atoms with van der Waals surface area (Å²) in [6.07, 6.45) is 13.7. The van der Waals surface area contributed by atoms with Crippen LogP contribution in [-0.2, 0) is 4.79 Å². The highest BCUT2D eigenvalue weighted by Crippen LogP contribution is 2.35. The van der Waals surface area contributed by atoms with Gasteiger partial charge in [0.05, 0.1) is 0 Å². The number of piperidine rings is 2. The van der Waals surface area contributed by atoms with Crippen LogP contribution in [0.15, 0.2) is 4.99 Å². The second kappa shape index (κ2) is 12.3. The van der Waals surface area contributed by atoms with Crippen molar-refractivity contribution in [2.45, 2.75) is 76.2 Å². The summed E-state index contributed by atoms with van der Waals surface area (Å²) < 4.78 is 0. The number of guanidine groups is 1. The largest absolute Gasteiger partial charge is 0.359 e. The minimum Gasteiger partial charge on any atom is -0.359 e. The number of likely N-dealkylation sites (tertiary alicyclic amines) is 2. The van der Waals surface area contributed by atoms with Crippen LogP contribution in [0.4, 0.5) is 0 Å². The maximum Gasteiger partial charge on any atom is 0.220 e. The second-order valence-electron chi connectivity index (χ2n) is 9.04. The van der Waals surface area contributed by atoms with Gasteiger partial charge in [0.1, 0.15) is 0 Å². The van der Waals surface area contributed by atoms with Gasteiger partial charge in [-0.2, -0.15) is 0 Å². The lowest BCUT2D eigenvalue weighted by Gasteiger charge is -2.49. The van der Waals surface area contributed by atoms with Gasteiger partial charge in [0.15, 0.2) is 5.96 Å². The van der Waals surface area contributed by atoms with Crippen molar-refractivity contribution in [1.82, 2.24) is 20.4 Å². The average Bonchev–Trinajstić information content (AvgIpc) is 2.76. The first-order chi connectivity index (χ1) is 13.7. The van der Waals surface area contributed by atoms with E-state index in [9.17, 15) is 4.79 Å². The zero-order valence-corrected chi connectivity index (χ0v) is 20.9. The molecule has 1 aliphatic carbocycles. The predicted molar refractivity (Wildman–Crippen MR) is 131 cm³/mol. The average molecular weight is 520 g/mol. The number of amides is 1. The molecule has 3 rings (SSSR count). The molecule has 6 nitrogen and oxygen atoms in total. The molecule has 2 heterocycles. The zero-order chi connectivity index (χ0) is 19.8. The van der Waals surface area contributed by atoms with Crippen molar-refractivity contribution in [3.8, 4) is 0 Å². The van der Waals surface area contributed by atoms with Crippen LogP contribution >= 0.6 is 24.0 Å². The molecule has 0 aromatic heterocycles. The fraction of sp³-hybridized carbons (Fsp3) is 0.909. The van der Waals surface area contributed by atoms with Gasteiger partial charge in [0.25, 0.3) is 0 Å². The van der Waals surface area contributed by atoms with Crippen LogP contribution in [0, 0.1) is 5.92 Å². The smallest absolute Gasteiger partial charge is 0.220 e. The molecule has 168 valence electrons. The Bertz CT molecular complexity index is 521. The Hall–Kier alpha value is -0.570. The van der Waals surface area contributed by atoms with E-state index in [1.54, 1.807) is 7.05 Å². The lowest BCUT2D eigenvalue weighted by atomic mass is 9.79. The number of carbonyl (C=O) groups excluding carboxylic acids is 1. The number of carbonyl (C=O) groups is 1. The van der Waals surface area contributed by atoms with Gasteiger partial charge in [-0.1, -0.05) is 25.7 Å². The summed E-state index contributed by atoms with van der Waals surface area (Å²) in [5.74, 6) is 1.73. The van der Waals surface area contributed by atoms with Crippen molar-refractivity contribution in [2.75, 3.05) is 46.8 Å². The molecule has 0 radical (unpaired) electrons. The van der Waals surface area contributed by atoms with Crippen molar-refractivity contribution in [2.24, 2.45) is 10.9 Å². The van der Waals surface area contributed by atoms with Gasteiger partial charge in [0.2, 0.25) is 5.91 Å². The number of rotatable bonds is 5. The van der Waals surface area contributed by atoms with Gasteiger partial charge in [-0.05, 0) is 57.5 Å². The predicted octanol–water partition coefficient (Wildman–Crippen LogP) is 3.22. The highest BCUT2D eigenvalue weighted by molar-refractivity contribution is 14.0. The molecule has 0 spiro atoms. The van der Waals surface area contributed by atoms with Gasteiger partial charge in [-0.15, -0.1) is 24.0 Å². The maximum atomic E-state index is 11.6. The number of hydrogen-bond acceptors (Lipinski definition) is 3. The Morgan fingerprint density at radius 3 is 2.21 bits per heavy atom. The van der Waals surface area contributed by atoms with E-state index < -0.39 is 0 Å². The second-order valence-corrected chi connectivity index (χ2v) is 9.04. The summed E-state index contributed by atoms with van der Waals surface area (Å²) in [5, 5.41) is 6.52. The number of hydrogen-bond donors (Lipinski definition) is 2. The summed E-state index contributed by atoms with van der Waals surface area (Å²) in [7, 11) is 3.64. The topological polar surface area (TPSA) is 60.0 Å². The Labute approximate surface area is 194 Å². The normalized spacial score (nSPS) is 23.9. The molecule has 2 saturated heterocycles. The molecule has 0 aromatic carbocycles. The van der Waals surface area contributed by atoms with Gasteiger partial charge in [0, 0.05) is 45.7 Å². The molecular formula is C22H42IN5O. The van der Waals surface area contributed by atoms with Crippen LogP contribution in [0.1, 0.15) is 70.6 Å². The third-order valence-electron chi connectivity index (χ3n) is 7.27. The molecule has 1 saturated carbocycles. The van der Waals surface area contributed by atoms with Crippen molar-refractivity contribution >= 4 is 35.8 Å². The molecule has 3 fully saturated rings. The molecule has 0 aromatic rings. The Balaban J connectivity index is 0.00000300. The molecule has 0 unspecified atom stereocenters. The molecule has 0 atom stereocenters. The Morgan fingerprint density at radius 1 is 1.00 bits per heavy atom. The third-order valence-corrected chi connectivity index (χ3v) is 7.27. The summed E-state index contributed by atoms with van der Waals surface area (Å²) in [5.41, 5.74) is 0.326. The molecule has 1 amide bonds. The van der Waals surface area contributed by atoms with Crippen LogP contribution in [0.25, 0.3) is 0 Å². The zero-order valence-electron chi connectivity index (χ0n) is 18.5. The first kappa shape index (κ1) is 24.7. The molecule has 29 heavy (non-hydrogen) atoms. The Kier molecular flexibility index (Phi) is 10.5. The monoisotopic (exact) mass is 519 g/mol. The fourth-order valence-corrected chi connectivity index (χ4v) is 5.47. The number of aliphatic imine (C=N–C) groups is 1. The highest BCUT2D eigenvalue weighted by Gasteiger charge is 2.38. The van der Waals surface area contributed by atoms with Crippen molar-refractivity contribution in [1.29, 1.82) is 0 Å². The van der Waals surface area contributed by atoms with E-state index in [0.29, 0.717) is 17.9 Å². The van der Waals surface area contributed by atoms with E-state index in [0.717, 1.165) is 38.4 Å². The number of halogens is 1. The van der Waals surface area contributed by atoms with Gasteiger partial charge < -0.3 is 15.5 Å². The van der Waals surface area contributed by atoms with Crippen molar-refractivity contribution in [3.63, 3.8) is 0 Å². The fourth-order valence-electron chi connectivity index (χ4n) is 5.47. The molecule has 2 aliphatic heterocycles. The third kappa shape index (κ3) is 6.71. The molecule has 0 bridgehead atoms. The van der Waals surface area contributed by atoms with Gasteiger partial charge in [-0.3, -0.25) is 14.7 Å². The Morgan fingerprint density at radius 2 is 1.62 bits per heavy atom. The van der Waals surface area contributed by atoms with E-state index >= 15 is 0 Å². The highest BCUT2D eigenvalue weighted by atomic mass is 127. The number of nitrogens with one attached hydrogen (secondary N) is 2. The lowest BCUT2D eigenvalue weighted by molar-refractivity contribution is -0.121. The van der Waals surface area contributed by atoms with Crippen molar-refractivity contribution in [3.05, 3.63) is 0 Å². The lowest BCUT2D eigenvalue weighted by Crippen LogP contribution is -2.59. The summed E-state index contributed by atoms with van der Waals surface area (Å²) in [6.45, 7) is 5.56. The molecular weight excluding hydrogens is 477 g/mol. The summed E-state index contributed by atoms with van der Waals surface area (Å²) in [6, 6.07) is 0. The molecule has 3 aliphatic rings. The van der Waals surface area contributed by atoms with Crippen LogP contribution in [0.3, 0.4) is 0 Å². The maximum absolute atomic E-state index is 11.6. The molecule has 2 N–H and O–H groups in total. The van der Waals surface area contributed by atoms with E-state index in [1.165, 1.54) is 64.5 Å². The van der Waals surface area contributed by atoms with E-state index in [2.05, 4.69) is 25.4 Å². The SMILES string of the molecule is CN=C(NCC1(N2CCCCC2)CCCCC1)N1CCC(CC(=O)NC)CC1.I. The van der Waals surface area contributed by atoms with Crippen LogP contribution in [0.2, 0.25) is 0 Å². The number of nitrogens with zero attached hydrogens (tertiary/aromatic N) is 3. The van der Waals surface area contributed by atoms with E-state index in [4.69, 9.17) is 0 Å². The van der Waals surface area contributed by atoms with E-state index in [1.807, 2.05) is 7.05 Å². The van der Waals surface area contributed by atoms with Gasteiger partial charge >= 0.3 is 0 Å². The van der Waals surface area contributed by atoms with Crippen LogP contribution in [0.5, 0.6) is 0 Å². The van der Waals surface area contributed by atoms with Crippen molar-refractivity contribution < 1.29 is 4.79 Å². The standard InChI is InChI=1S/C22H41N5O.HI/c1-23-20(28)17-19-9-15-26(16-10-19)21(24-2)25-18-22(11-5-3-6-12-22)27-13-7-4-8-14-27;/h19H,3-18H2,1-2H3,(H,23,28)(H,24,25);1H. The van der Waals surface area contributed by atoms with Crippen LogP contribution in [-0.4, -0.2) is 74.0 Å². The first-order valence-corrected chi connectivity index (χ1v) is 11.6.